The summed E-state index contributed by atoms with van der Waals surface area (Å²) in [5.41, 5.74) is 5.86. The molecule has 12 heavy (non-hydrogen) atoms. The van der Waals surface area contributed by atoms with Crippen LogP contribution in [0.4, 0.5) is 0 Å². The average Bonchev–Trinajstić information content (AvgIpc) is 2.49. The molecule has 0 saturated carbocycles. The number of rotatable bonds is 3. The van der Waals surface area contributed by atoms with E-state index in [-0.39, 0.29) is 0 Å². The Labute approximate surface area is 76.1 Å². The molecule has 1 aliphatic rings. The highest BCUT2D eigenvalue weighted by molar-refractivity contribution is 4.83. The minimum Gasteiger partial charge on any atom is -0.326 e. The van der Waals surface area contributed by atoms with Gasteiger partial charge in [0.15, 0.2) is 0 Å². The number of hydrogen-bond acceptors (Lipinski definition) is 2. The first kappa shape index (κ1) is 10.0. The molecule has 72 valence electrons. The van der Waals surface area contributed by atoms with Gasteiger partial charge in [-0.25, -0.2) is 0 Å². The molecule has 0 spiro atoms. The van der Waals surface area contributed by atoms with E-state index >= 15 is 0 Å². The van der Waals surface area contributed by atoms with Crippen molar-refractivity contribution in [2.75, 3.05) is 13.1 Å². The van der Waals surface area contributed by atoms with E-state index in [4.69, 9.17) is 5.73 Å². The van der Waals surface area contributed by atoms with Crippen molar-refractivity contribution in [1.82, 2.24) is 4.90 Å². The molecular weight excluding hydrogens is 148 g/mol. The van der Waals surface area contributed by atoms with Crippen molar-refractivity contribution in [2.24, 2.45) is 11.7 Å². The molecular formula is C10H22N2. The smallest absolute Gasteiger partial charge is 0.0180 e. The summed E-state index contributed by atoms with van der Waals surface area (Å²) in [5.74, 6) is 0.801. The molecule has 0 amide bonds. The van der Waals surface area contributed by atoms with Crippen molar-refractivity contribution in [3.63, 3.8) is 0 Å². The molecule has 1 aliphatic heterocycles. The SMILES string of the molecule is CCC(C)C(C)N1CCC(N)C1. The highest BCUT2D eigenvalue weighted by Gasteiger charge is 2.25. The Hall–Kier alpha value is -0.0800. The first-order valence-corrected chi connectivity index (χ1v) is 5.14. The van der Waals surface area contributed by atoms with Gasteiger partial charge in [0.2, 0.25) is 0 Å². The molecule has 2 N–H and O–H groups in total. The van der Waals surface area contributed by atoms with Gasteiger partial charge in [0.25, 0.3) is 0 Å². The predicted molar refractivity (Wildman–Crippen MR) is 53.1 cm³/mol. The molecule has 0 aromatic carbocycles. The van der Waals surface area contributed by atoms with E-state index in [1.807, 2.05) is 0 Å². The third kappa shape index (κ3) is 2.20. The lowest BCUT2D eigenvalue weighted by molar-refractivity contribution is 0.193. The molecule has 1 saturated heterocycles. The van der Waals surface area contributed by atoms with Gasteiger partial charge in [-0.15, -0.1) is 0 Å². The standard InChI is InChI=1S/C10H22N2/c1-4-8(2)9(3)12-6-5-10(11)7-12/h8-10H,4-7,11H2,1-3H3. The molecule has 0 aliphatic carbocycles. The Bertz CT molecular complexity index is 136. The van der Waals surface area contributed by atoms with Gasteiger partial charge in [-0.1, -0.05) is 20.3 Å². The van der Waals surface area contributed by atoms with Gasteiger partial charge in [0.05, 0.1) is 0 Å². The Kier molecular flexibility index (Phi) is 3.53. The highest BCUT2D eigenvalue weighted by Crippen LogP contribution is 2.18. The van der Waals surface area contributed by atoms with Crippen LogP contribution in [0, 0.1) is 5.92 Å². The summed E-state index contributed by atoms with van der Waals surface area (Å²) in [6.45, 7) is 9.22. The molecule has 3 atom stereocenters. The van der Waals surface area contributed by atoms with E-state index in [0.717, 1.165) is 12.5 Å². The second-order valence-corrected chi connectivity index (χ2v) is 4.17. The molecule has 3 unspecified atom stereocenters. The largest absolute Gasteiger partial charge is 0.326 e. The van der Waals surface area contributed by atoms with Crippen LogP contribution in [-0.2, 0) is 0 Å². The van der Waals surface area contributed by atoms with Gasteiger partial charge < -0.3 is 5.73 Å². The van der Waals surface area contributed by atoms with Crippen LogP contribution in [0.3, 0.4) is 0 Å². The number of nitrogens with zero attached hydrogens (tertiary/aromatic N) is 1. The second kappa shape index (κ2) is 4.24. The molecule has 1 rings (SSSR count). The van der Waals surface area contributed by atoms with Gasteiger partial charge >= 0.3 is 0 Å². The Morgan fingerprint density at radius 3 is 2.58 bits per heavy atom. The van der Waals surface area contributed by atoms with Gasteiger partial charge in [-0.2, -0.15) is 0 Å². The minimum atomic E-state index is 0.427. The fourth-order valence-corrected chi connectivity index (χ4v) is 1.89. The third-order valence-corrected chi connectivity index (χ3v) is 3.30. The zero-order chi connectivity index (χ0) is 9.14. The maximum absolute atomic E-state index is 5.86. The van der Waals surface area contributed by atoms with Crippen molar-refractivity contribution in [3.05, 3.63) is 0 Å². The predicted octanol–water partition coefficient (Wildman–Crippen LogP) is 1.45. The molecule has 2 heteroatoms. The van der Waals surface area contributed by atoms with E-state index in [1.54, 1.807) is 0 Å². The molecule has 0 aromatic heterocycles. The first-order chi connectivity index (χ1) is 5.65. The average molecular weight is 170 g/mol. The van der Waals surface area contributed by atoms with Crippen LogP contribution in [0.15, 0.2) is 0 Å². The van der Waals surface area contributed by atoms with Crippen molar-refractivity contribution in [1.29, 1.82) is 0 Å². The Morgan fingerprint density at radius 2 is 2.17 bits per heavy atom. The summed E-state index contributed by atoms with van der Waals surface area (Å²) in [7, 11) is 0. The summed E-state index contributed by atoms with van der Waals surface area (Å²) in [4.78, 5) is 2.53. The zero-order valence-corrected chi connectivity index (χ0v) is 8.59. The Balaban J connectivity index is 2.37. The van der Waals surface area contributed by atoms with E-state index < -0.39 is 0 Å². The van der Waals surface area contributed by atoms with Crippen LogP contribution in [0.1, 0.15) is 33.6 Å². The number of nitrogens with two attached hydrogens (primary N) is 1. The number of hydrogen-bond donors (Lipinski definition) is 1. The van der Waals surface area contributed by atoms with Gasteiger partial charge in [0.1, 0.15) is 0 Å². The van der Waals surface area contributed by atoms with E-state index in [1.165, 1.54) is 19.4 Å². The summed E-state index contributed by atoms with van der Waals surface area (Å²) in [6.07, 6.45) is 2.45. The monoisotopic (exact) mass is 170 g/mol. The minimum absolute atomic E-state index is 0.427. The van der Waals surface area contributed by atoms with Crippen LogP contribution in [0.5, 0.6) is 0 Å². The van der Waals surface area contributed by atoms with E-state index in [2.05, 4.69) is 25.7 Å². The van der Waals surface area contributed by atoms with Crippen molar-refractivity contribution < 1.29 is 0 Å². The van der Waals surface area contributed by atoms with Crippen LogP contribution in [0.2, 0.25) is 0 Å². The normalized spacial score (nSPS) is 30.5. The van der Waals surface area contributed by atoms with Gasteiger partial charge in [-0.3, -0.25) is 4.90 Å². The van der Waals surface area contributed by atoms with Gasteiger partial charge in [0, 0.05) is 25.2 Å². The maximum atomic E-state index is 5.86. The van der Waals surface area contributed by atoms with E-state index in [0.29, 0.717) is 12.1 Å². The van der Waals surface area contributed by atoms with Crippen LogP contribution in [0.25, 0.3) is 0 Å². The molecule has 0 bridgehead atoms. The lowest BCUT2D eigenvalue weighted by Gasteiger charge is -2.28. The van der Waals surface area contributed by atoms with Crippen LogP contribution >= 0.6 is 0 Å². The lowest BCUT2D eigenvalue weighted by atomic mass is 10.00. The summed E-state index contributed by atoms with van der Waals surface area (Å²) in [5, 5.41) is 0. The van der Waals surface area contributed by atoms with Crippen molar-refractivity contribution >= 4 is 0 Å². The Morgan fingerprint density at radius 1 is 1.50 bits per heavy atom. The van der Waals surface area contributed by atoms with Gasteiger partial charge in [-0.05, 0) is 19.3 Å². The summed E-state index contributed by atoms with van der Waals surface area (Å²) < 4.78 is 0. The molecule has 0 aromatic rings. The van der Waals surface area contributed by atoms with Crippen molar-refractivity contribution in [3.8, 4) is 0 Å². The van der Waals surface area contributed by atoms with Crippen molar-refractivity contribution in [2.45, 2.75) is 45.7 Å². The topological polar surface area (TPSA) is 29.3 Å². The lowest BCUT2D eigenvalue weighted by Crippen LogP contribution is -2.37. The summed E-state index contributed by atoms with van der Waals surface area (Å²) in [6, 6.07) is 1.14. The quantitative estimate of drug-likeness (QED) is 0.694. The fourth-order valence-electron chi connectivity index (χ4n) is 1.89. The van der Waals surface area contributed by atoms with Crippen LogP contribution < -0.4 is 5.73 Å². The van der Waals surface area contributed by atoms with Crippen LogP contribution in [-0.4, -0.2) is 30.1 Å². The first-order valence-electron chi connectivity index (χ1n) is 5.14. The fraction of sp³-hybridized carbons (Fsp3) is 1.00. The zero-order valence-electron chi connectivity index (χ0n) is 8.59. The molecule has 1 fully saturated rings. The van der Waals surface area contributed by atoms with E-state index in [9.17, 15) is 0 Å². The maximum Gasteiger partial charge on any atom is 0.0180 e. The molecule has 2 nitrogen and oxygen atoms in total. The summed E-state index contributed by atoms with van der Waals surface area (Å²) >= 11 is 0. The molecule has 0 radical (unpaired) electrons. The molecule has 1 heterocycles. The number of likely N-dealkylation sites (tertiary alicyclic amines) is 1. The highest BCUT2D eigenvalue weighted by atomic mass is 15.2. The second-order valence-electron chi connectivity index (χ2n) is 4.17. The third-order valence-electron chi connectivity index (χ3n) is 3.30.